The Hall–Kier alpha value is -3.86. The van der Waals surface area contributed by atoms with Crippen LogP contribution >= 0.6 is 0 Å². The van der Waals surface area contributed by atoms with Gasteiger partial charge in [0.25, 0.3) is 5.56 Å². The molecule has 1 aliphatic heterocycles. The molecule has 154 valence electrons. The van der Waals surface area contributed by atoms with Gasteiger partial charge in [0.2, 0.25) is 0 Å². The van der Waals surface area contributed by atoms with Crippen LogP contribution in [0.25, 0.3) is 22.0 Å². The molecular formula is C26H23N3O2. The fourth-order valence-corrected chi connectivity index (χ4v) is 4.21. The van der Waals surface area contributed by atoms with Gasteiger partial charge in [0.15, 0.2) is 0 Å². The van der Waals surface area contributed by atoms with Gasteiger partial charge in [0.05, 0.1) is 24.4 Å². The summed E-state index contributed by atoms with van der Waals surface area (Å²) in [6.45, 7) is 2.06. The summed E-state index contributed by atoms with van der Waals surface area (Å²) in [5.74, 6) is 0.815. The van der Waals surface area contributed by atoms with Gasteiger partial charge in [-0.3, -0.25) is 4.79 Å². The van der Waals surface area contributed by atoms with Crippen LogP contribution in [0.3, 0.4) is 0 Å². The molecule has 2 N–H and O–H groups in total. The van der Waals surface area contributed by atoms with E-state index in [0.29, 0.717) is 12.0 Å². The lowest BCUT2D eigenvalue weighted by Crippen LogP contribution is -2.20. The van der Waals surface area contributed by atoms with Crippen LogP contribution in [0.1, 0.15) is 29.2 Å². The second-order valence-corrected chi connectivity index (χ2v) is 7.84. The van der Waals surface area contributed by atoms with Crippen molar-refractivity contribution in [1.29, 1.82) is 0 Å². The minimum atomic E-state index is -0.119. The van der Waals surface area contributed by atoms with Crippen LogP contribution in [-0.4, -0.2) is 17.8 Å². The summed E-state index contributed by atoms with van der Waals surface area (Å²) >= 11 is 0. The number of fused-ring (bicyclic) bond motifs is 1. The Morgan fingerprint density at radius 3 is 2.48 bits per heavy atom. The number of ether oxygens (including phenoxy) is 1. The molecule has 5 nitrogen and oxygen atoms in total. The Kier molecular flexibility index (Phi) is 4.79. The molecule has 0 bridgehead atoms. The molecule has 0 spiro atoms. The van der Waals surface area contributed by atoms with E-state index in [1.807, 2.05) is 66.7 Å². The largest absolute Gasteiger partial charge is 0.497 e. The summed E-state index contributed by atoms with van der Waals surface area (Å²) in [5, 5.41) is 5.62. The van der Waals surface area contributed by atoms with Crippen LogP contribution in [0.15, 0.2) is 82.7 Å². The number of hydrogen-bond donors (Lipinski definition) is 2. The number of aromatic nitrogens is 1. The van der Waals surface area contributed by atoms with Gasteiger partial charge < -0.3 is 15.1 Å². The number of benzene rings is 3. The van der Waals surface area contributed by atoms with E-state index in [9.17, 15) is 4.79 Å². The summed E-state index contributed by atoms with van der Waals surface area (Å²) in [7, 11) is 1.66. The van der Waals surface area contributed by atoms with Crippen LogP contribution in [-0.2, 0) is 0 Å². The molecule has 0 saturated heterocycles. The Morgan fingerprint density at radius 1 is 0.968 bits per heavy atom. The van der Waals surface area contributed by atoms with Gasteiger partial charge in [-0.05, 0) is 42.3 Å². The van der Waals surface area contributed by atoms with Crippen LogP contribution < -0.4 is 15.7 Å². The predicted molar refractivity (Wildman–Crippen MR) is 125 cm³/mol. The van der Waals surface area contributed by atoms with Gasteiger partial charge in [-0.25, -0.2) is 0 Å². The second kappa shape index (κ2) is 7.76. The average Bonchev–Trinajstić information content (AvgIpc) is 3.29. The average molecular weight is 409 g/mol. The van der Waals surface area contributed by atoms with Crippen molar-refractivity contribution in [3.05, 3.63) is 99.8 Å². The van der Waals surface area contributed by atoms with Gasteiger partial charge >= 0.3 is 0 Å². The molecule has 0 fully saturated rings. The number of nitrogens with zero attached hydrogens (tertiary/aromatic N) is 1. The number of rotatable bonds is 4. The fourth-order valence-electron chi connectivity index (χ4n) is 4.21. The van der Waals surface area contributed by atoms with Crippen molar-refractivity contribution in [2.75, 3.05) is 7.11 Å². The van der Waals surface area contributed by atoms with Gasteiger partial charge in [-0.15, -0.1) is 0 Å². The van der Waals surface area contributed by atoms with E-state index in [1.54, 1.807) is 7.11 Å². The molecule has 1 aromatic heterocycles. The highest BCUT2D eigenvalue weighted by atomic mass is 16.5. The van der Waals surface area contributed by atoms with Crippen LogP contribution in [0, 0.1) is 6.92 Å². The maximum Gasteiger partial charge on any atom is 0.258 e. The molecule has 0 amide bonds. The quantitative estimate of drug-likeness (QED) is 0.501. The zero-order chi connectivity index (χ0) is 21.4. The van der Waals surface area contributed by atoms with Gasteiger partial charge in [0.1, 0.15) is 5.75 Å². The first-order valence-electron chi connectivity index (χ1n) is 10.3. The summed E-state index contributed by atoms with van der Waals surface area (Å²) in [5.41, 5.74) is 9.52. The third-order valence-corrected chi connectivity index (χ3v) is 5.79. The first-order valence-corrected chi connectivity index (χ1v) is 10.3. The third-order valence-electron chi connectivity index (χ3n) is 5.79. The zero-order valence-electron chi connectivity index (χ0n) is 17.5. The van der Waals surface area contributed by atoms with E-state index in [-0.39, 0.29) is 11.6 Å². The Bertz CT molecular complexity index is 1340. The predicted octanol–water partition coefficient (Wildman–Crippen LogP) is 4.95. The number of aromatic amines is 1. The number of methoxy groups -OCH3 is 1. The summed E-state index contributed by atoms with van der Waals surface area (Å²) in [4.78, 5) is 16.3. The number of pyridine rings is 1. The molecule has 1 aliphatic rings. The highest BCUT2D eigenvalue weighted by Gasteiger charge is 2.26. The molecule has 31 heavy (non-hydrogen) atoms. The van der Waals surface area contributed by atoms with E-state index in [1.165, 1.54) is 0 Å². The number of hydrazone groups is 1. The van der Waals surface area contributed by atoms with Crippen LogP contribution in [0.2, 0.25) is 0 Å². The molecule has 0 unspecified atom stereocenters. The molecule has 0 saturated carbocycles. The standard InChI is InChI=1S/C26H23N3O2/c1-16-8-13-21-20(14-16)24(18-6-4-3-5-7-18)25(26(30)27-21)23-15-22(28-29-23)17-9-11-19(31-2)12-10-17/h3-14,22,28H,15H2,1-2H3,(H,27,30)/t22-/m0/s1. The lowest BCUT2D eigenvalue weighted by molar-refractivity contribution is 0.414. The van der Waals surface area contributed by atoms with Crippen molar-refractivity contribution in [2.45, 2.75) is 19.4 Å². The SMILES string of the molecule is COc1ccc([C@@H]2CC(c3c(-c4ccccc4)c4cc(C)ccc4[nH]c3=O)=NN2)cc1. The Morgan fingerprint density at radius 2 is 1.74 bits per heavy atom. The van der Waals surface area contributed by atoms with E-state index in [2.05, 4.69) is 28.5 Å². The van der Waals surface area contributed by atoms with E-state index < -0.39 is 0 Å². The molecular weight excluding hydrogens is 386 g/mol. The minimum absolute atomic E-state index is 0.0112. The van der Waals surface area contributed by atoms with Crippen molar-refractivity contribution in [1.82, 2.24) is 10.4 Å². The summed E-state index contributed by atoms with van der Waals surface area (Å²) in [6.07, 6.45) is 0.632. The first kappa shape index (κ1) is 19.1. The normalized spacial score (nSPS) is 15.5. The Balaban J connectivity index is 1.63. The maximum atomic E-state index is 13.2. The molecule has 4 aromatic rings. The van der Waals surface area contributed by atoms with Crippen LogP contribution in [0.4, 0.5) is 0 Å². The molecule has 0 aliphatic carbocycles. The lowest BCUT2D eigenvalue weighted by atomic mass is 9.90. The van der Waals surface area contributed by atoms with Crippen molar-refractivity contribution in [2.24, 2.45) is 5.10 Å². The Labute approximate surface area is 180 Å². The second-order valence-electron chi connectivity index (χ2n) is 7.84. The first-order chi connectivity index (χ1) is 15.1. The number of hydrogen-bond acceptors (Lipinski definition) is 4. The van der Waals surface area contributed by atoms with Gasteiger partial charge in [-0.2, -0.15) is 5.10 Å². The number of H-pyrrole nitrogens is 1. The number of aryl methyl sites for hydroxylation is 1. The fraction of sp³-hybridized carbons (Fsp3) is 0.154. The molecule has 5 heteroatoms. The highest BCUT2D eigenvalue weighted by molar-refractivity contribution is 6.12. The topological polar surface area (TPSA) is 66.5 Å². The van der Waals surface area contributed by atoms with Crippen molar-refractivity contribution in [3.8, 4) is 16.9 Å². The summed E-state index contributed by atoms with van der Waals surface area (Å²) < 4.78 is 5.26. The van der Waals surface area contributed by atoms with Gasteiger partial charge in [0, 0.05) is 22.9 Å². The third kappa shape index (κ3) is 3.48. The highest BCUT2D eigenvalue weighted by Crippen LogP contribution is 2.33. The van der Waals surface area contributed by atoms with Crippen molar-refractivity contribution in [3.63, 3.8) is 0 Å². The van der Waals surface area contributed by atoms with Crippen molar-refractivity contribution < 1.29 is 4.74 Å². The minimum Gasteiger partial charge on any atom is -0.497 e. The smallest absolute Gasteiger partial charge is 0.258 e. The molecule has 5 rings (SSSR count). The van der Waals surface area contributed by atoms with E-state index in [0.717, 1.165) is 44.6 Å². The summed E-state index contributed by atoms with van der Waals surface area (Å²) in [6, 6.07) is 24.1. The molecule has 3 aromatic carbocycles. The van der Waals surface area contributed by atoms with Crippen LogP contribution in [0.5, 0.6) is 5.75 Å². The zero-order valence-corrected chi connectivity index (χ0v) is 17.5. The monoisotopic (exact) mass is 409 g/mol. The molecule has 2 heterocycles. The van der Waals surface area contributed by atoms with Crippen molar-refractivity contribution >= 4 is 16.6 Å². The van der Waals surface area contributed by atoms with E-state index >= 15 is 0 Å². The number of nitrogens with one attached hydrogen (secondary N) is 2. The maximum absolute atomic E-state index is 13.2. The lowest BCUT2D eigenvalue weighted by Gasteiger charge is -2.14. The van der Waals surface area contributed by atoms with Gasteiger partial charge in [-0.1, -0.05) is 54.1 Å². The molecule has 0 radical (unpaired) electrons. The van der Waals surface area contributed by atoms with E-state index in [4.69, 9.17) is 4.74 Å². The molecule has 1 atom stereocenters.